The summed E-state index contributed by atoms with van der Waals surface area (Å²) in [5.74, 6) is 0.524. The van der Waals surface area contributed by atoms with Crippen molar-refractivity contribution in [2.75, 3.05) is 13.7 Å². The van der Waals surface area contributed by atoms with Crippen LogP contribution in [0.4, 0.5) is 0 Å². The van der Waals surface area contributed by atoms with Crippen molar-refractivity contribution in [3.8, 4) is 5.75 Å². The number of rotatable bonds is 5. The molecule has 0 saturated heterocycles. The van der Waals surface area contributed by atoms with Crippen LogP contribution in [0.3, 0.4) is 0 Å². The molecular weight excluding hydrogens is 256 g/mol. The highest BCUT2D eigenvalue weighted by molar-refractivity contribution is 5.92. The Bertz CT molecular complexity index is 632. The Hall–Kier alpha value is -2.56. The largest absolute Gasteiger partial charge is 0.497 e. The maximum Gasteiger partial charge on any atom is 0.267 e. The molecule has 1 aromatic heterocycles. The number of amides is 1. The Labute approximate surface area is 116 Å². The van der Waals surface area contributed by atoms with E-state index in [2.05, 4.69) is 10.3 Å². The van der Waals surface area contributed by atoms with Gasteiger partial charge in [0.1, 0.15) is 11.4 Å². The second-order valence-corrected chi connectivity index (χ2v) is 4.28. The molecule has 0 saturated carbocycles. The molecule has 5 nitrogen and oxygen atoms in total. The van der Waals surface area contributed by atoms with Gasteiger partial charge >= 0.3 is 0 Å². The first-order valence-corrected chi connectivity index (χ1v) is 6.29. The van der Waals surface area contributed by atoms with Gasteiger partial charge in [0.2, 0.25) is 5.56 Å². The second kappa shape index (κ2) is 6.56. The molecule has 0 atom stereocenters. The van der Waals surface area contributed by atoms with Crippen molar-refractivity contribution in [3.05, 3.63) is 64.1 Å². The van der Waals surface area contributed by atoms with E-state index in [-0.39, 0.29) is 17.2 Å². The van der Waals surface area contributed by atoms with Gasteiger partial charge in [0, 0.05) is 12.6 Å². The average Bonchev–Trinajstić information content (AvgIpc) is 2.48. The highest BCUT2D eigenvalue weighted by atomic mass is 16.5. The van der Waals surface area contributed by atoms with Crippen molar-refractivity contribution in [1.82, 2.24) is 10.3 Å². The molecule has 1 heterocycles. The van der Waals surface area contributed by atoms with Crippen molar-refractivity contribution in [3.63, 3.8) is 0 Å². The zero-order valence-corrected chi connectivity index (χ0v) is 11.2. The molecule has 104 valence electrons. The fourth-order valence-electron chi connectivity index (χ4n) is 1.79. The van der Waals surface area contributed by atoms with Crippen molar-refractivity contribution in [2.24, 2.45) is 0 Å². The third-order valence-electron chi connectivity index (χ3n) is 2.87. The molecule has 1 aromatic carbocycles. The number of methoxy groups -OCH3 is 1. The molecule has 5 heteroatoms. The number of pyridine rings is 1. The molecule has 0 unspecified atom stereocenters. The molecule has 2 aromatic rings. The highest BCUT2D eigenvalue weighted by Crippen LogP contribution is 2.11. The maximum atomic E-state index is 11.8. The second-order valence-electron chi connectivity index (χ2n) is 4.28. The lowest BCUT2D eigenvalue weighted by Gasteiger charge is -2.06. The predicted octanol–water partition coefficient (Wildman–Crippen LogP) is 1.36. The van der Waals surface area contributed by atoms with Crippen LogP contribution < -0.4 is 15.6 Å². The summed E-state index contributed by atoms with van der Waals surface area (Å²) in [5.41, 5.74) is 1.09. The number of nitrogens with one attached hydrogen (secondary N) is 2. The summed E-state index contributed by atoms with van der Waals surface area (Å²) >= 11 is 0. The molecule has 0 bridgehead atoms. The van der Waals surface area contributed by atoms with Gasteiger partial charge in [0.15, 0.2) is 0 Å². The van der Waals surface area contributed by atoms with E-state index in [1.165, 1.54) is 6.07 Å². The van der Waals surface area contributed by atoms with Gasteiger partial charge in [0.25, 0.3) is 5.91 Å². The fraction of sp³-hybridized carbons (Fsp3) is 0.200. The number of hydrogen-bond acceptors (Lipinski definition) is 3. The van der Waals surface area contributed by atoms with E-state index in [0.717, 1.165) is 11.3 Å². The van der Waals surface area contributed by atoms with Gasteiger partial charge in [-0.05, 0) is 30.2 Å². The smallest absolute Gasteiger partial charge is 0.267 e. The number of ether oxygens (including phenoxy) is 1. The fourth-order valence-corrected chi connectivity index (χ4v) is 1.79. The topological polar surface area (TPSA) is 71.2 Å². The first-order valence-electron chi connectivity index (χ1n) is 6.29. The van der Waals surface area contributed by atoms with Crippen LogP contribution in [0.5, 0.6) is 5.75 Å². The van der Waals surface area contributed by atoms with Gasteiger partial charge < -0.3 is 15.0 Å². The number of carbonyl (C=O) groups is 1. The van der Waals surface area contributed by atoms with Crippen molar-refractivity contribution in [2.45, 2.75) is 6.42 Å². The van der Waals surface area contributed by atoms with Crippen LogP contribution >= 0.6 is 0 Å². The lowest BCUT2D eigenvalue weighted by molar-refractivity contribution is 0.0949. The number of aromatic nitrogens is 1. The van der Waals surface area contributed by atoms with Crippen molar-refractivity contribution >= 4 is 5.91 Å². The summed E-state index contributed by atoms with van der Waals surface area (Å²) in [6.45, 7) is 0.502. The molecular formula is C15H16N2O3. The van der Waals surface area contributed by atoms with Crippen LogP contribution in [0.2, 0.25) is 0 Å². The van der Waals surface area contributed by atoms with E-state index in [0.29, 0.717) is 13.0 Å². The SMILES string of the molecule is COc1ccc(CCNC(=O)c2cccc(=O)[nH]2)cc1. The van der Waals surface area contributed by atoms with E-state index in [9.17, 15) is 9.59 Å². The Kier molecular flexibility index (Phi) is 4.55. The molecule has 0 spiro atoms. The zero-order chi connectivity index (χ0) is 14.4. The minimum atomic E-state index is -0.284. The van der Waals surface area contributed by atoms with Crippen LogP contribution in [0.1, 0.15) is 16.1 Å². The average molecular weight is 272 g/mol. The first kappa shape index (κ1) is 13.9. The predicted molar refractivity (Wildman–Crippen MR) is 76.1 cm³/mol. The van der Waals surface area contributed by atoms with Crippen LogP contribution in [-0.2, 0) is 6.42 Å². The lowest BCUT2D eigenvalue weighted by Crippen LogP contribution is -2.28. The van der Waals surface area contributed by atoms with Crippen LogP contribution in [-0.4, -0.2) is 24.5 Å². The summed E-state index contributed by atoms with van der Waals surface area (Å²) < 4.78 is 5.08. The monoisotopic (exact) mass is 272 g/mol. The van der Waals surface area contributed by atoms with Gasteiger partial charge in [-0.25, -0.2) is 0 Å². The molecule has 0 aliphatic rings. The number of H-pyrrole nitrogens is 1. The summed E-state index contributed by atoms with van der Waals surface area (Å²) in [6.07, 6.45) is 0.715. The van der Waals surface area contributed by atoms with E-state index >= 15 is 0 Å². The normalized spacial score (nSPS) is 10.1. The van der Waals surface area contributed by atoms with E-state index in [1.54, 1.807) is 19.2 Å². The maximum absolute atomic E-state index is 11.8. The number of hydrogen-bond donors (Lipinski definition) is 2. The Morgan fingerprint density at radius 1 is 1.20 bits per heavy atom. The molecule has 20 heavy (non-hydrogen) atoms. The zero-order valence-electron chi connectivity index (χ0n) is 11.2. The molecule has 0 aliphatic heterocycles. The van der Waals surface area contributed by atoms with Gasteiger partial charge in [-0.3, -0.25) is 9.59 Å². The molecule has 2 rings (SSSR count). The first-order chi connectivity index (χ1) is 9.69. The van der Waals surface area contributed by atoms with Crippen LogP contribution in [0, 0.1) is 0 Å². The van der Waals surface area contributed by atoms with Gasteiger partial charge in [-0.2, -0.15) is 0 Å². The number of benzene rings is 1. The molecule has 0 radical (unpaired) electrons. The summed E-state index contributed by atoms with van der Waals surface area (Å²) in [6, 6.07) is 12.2. The van der Waals surface area contributed by atoms with Gasteiger partial charge in [0.05, 0.1) is 7.11 Å². The third-order valence-corrected chi connectivity index (χ3v) is 2.87. The van der Waals surface area contributed by atoms with Crippen molar-refractivity contribution < 1.29 is 9.53 Å². The standard InChI is InChI=1S/C15H16N2O3/c1-20-12-7-5-11(6-8-12)9-10-16-15(19)13-3-2-4-14(18)17-13/h2-8H,9-10H2,1H3,(H,16,19)(H,17,18). The minimum Gasteiger partial charge on any atom is -0.497 e. The minimum absolute atomic E-state index is 0.271. The summed E-state index contributed by atoms with van der Waals surface area (Å²) in [7, 11) is 1.62. The molecule has 0 fully saturated rings. The molecule has 1 amide bonds. The number of aromatic amines is 1. The van der Waals surface area contributed by atoms with E-state index in [1.807, 2.05) is 24.3 Å². The third kappa shape index (κ3) is 3.71. The molecule has 0 aliphatic carbocycles. The lowest BCUT2D eigenvalue weighted by atomic mass is 10.1. The van der Waals surface area contributed by atoms with Crippen LogP contribution in [0.25, 0.3) is 0 Å². The van der Waals surface area contributed by atoms with E-state index < -0.39 is 0 Å². The number of carbonyl (C=O) groups excluding carboxylic acids is 1. The summed E-state index contributed by atoms with van der Waals surface area (Å²) in [4.78, 5) is 25.4. The quantitative estimate of drug-likeness (QED) is 0.863. The van der Waals surface area contributed by atoms with E-state index in [4.69, 9.17) is 4.74 Å². The van der Waals surface area contributed by atoms with Gasteiger partial charge in [-0.1, -0.05) is 18.2 Å². The Balaban J connectivity index is 1.86. The summed E-state index contributed by atoms with van der Waals surface area (Å²) in [5, 5.41) is 2.76. The van der Waals surface area contributed by atoms with Gasteiger partial charge in [-0.15, -0.1) is 0 Å². The highest BCUT2D eigenvalue weighted by Gasteiger charge is 2.05. The Morgan fingerprint density at radius 2 is 1.95 bits per heavy atom. The Morgan fingerprint density at radius 3 is 2.60 bits per heavy atom. The molecule has 2 N–H and O–H groups in total. The van der Waals surface area contributed by atoms with Crippen LogP contribution in [0.15, 0.2) is 47.3 Å². The van der Waals surface area contributed by atoms with Crippen molar-refractivity contribution in [1.29, 1.82) is 0 Å².